The Morgan fingerprint density at radius 2 is 1.69 bits per heavy atom. The number of para-hydroxylation sites is 2. The summed E-state index contributed by atoms with van der Waals surface area (Å²) in [6, 6.07) is 18.7. The largest absolute Gasteiger partial charge is 0.354 e. The lowest BCUT2D eigenvalue weighted by Gasteiger charge is -2.40. The lowest BCUT2D eigenvalue weighted by atomic mass is 10.0. The molecule has 32 heavy (non-hydrogen) atoms. The Hall–Kier alpha value is -2.90. The van der Waals surface area contributed by atoms with Crippen molar-refractivity contribution in [2.45, 2.75) is 32.5 Å². The number of aryl methyl sites for hydroxylation is 1. The van der Waals surface area contributed by atoms with Crippen LogP contribution in [0.4, 0.5) is 0 Å². The molecule has 0 bridgehead atoms. The van der Waals surface area contributed by atoms with Crippen LogP contribution in [-0.4, -0.2) is 64.6 Å². The fourth-order valence-corrected chi connectivity index (χ4v) is 4.66. The summed E-state index contributed by atoms with van der Waals surface area (Å²) in [6.07, 6.45) is 0.879. The summed E-state index contributed by atoms with van der Waals surface area (Å²) in [5.74, 6) is -0.121. The zero-order valence-corrected chi connectivity index (χ0v) is 19.0. The van der Waals surface area contributed by atoms with Crippen molar-refractivity contribution >= 4 is 16.9 Å². The van der Waals surface area contributed by atoms with Gasteiger partial charge < -0.3 is 10.2 Å². The SMILES string of the molecule is CCn1c(=O)n(CC(=O)NCCCN2CCN(C)CC2c2ccccc2)c2ccccc21. The summed E-state index contributed by atoms with van der Waals surface area (Å²) in [5.41, 5.74) is 2.88. The van der Waals surface area contributed by atoms with E-state index in [0.29, 0.717) is 19.1 Å². The Balaban J connectivity index is 1.32. The highest BCUT2D eigenvalue weighted by molar-refractivity contribution is 5.80. The molecule has 1 N–H and O–H groups in total. The van der Waals surface area contributed by atoms with E-state index in [0.717, 1.165) is 43.6 Å². The fourth-order valence-electron chi connectivity index (χ4n) is 4.66. The number of carbonyl (C=O) groups excluding carboxylic acids is 1. The number of aromatic nitrogens is 2. The van der Waals surface area contributed by atoms with E-state index in [2.05, 4.69) is 52.5 Å². The maximum absolute atomic E-state index is 12.7. The highest BCUT2D eigenvalue weighted by Gasteiger charge is 2.26. The van der Waals surface area contributed by atoms with Crippen LogP contribution in [0, 0.1) is 0 Å². The van der Waals surface area contributed by atoms with Gasteiger partial charge in [-0.3, -0.25) is 18.8 Å². The van der Waals surface area contributed by atoms with Crippen LogP contribution in [0.15, 0.2) is 59.4 Å². The van der Waals surface area contributed by atoms with Crippen LogP contribution in [-0.2, 0) is 17.9 Å². The van der Waals surface area contributed by atoms with Gasteiger partial charge in [0.05, 0.1) is 11.0 Å². The zero-order valence-electron chi connectivity index (χ0n) is 19.0. The van der Waals surface area contributed by atoms with Crippen molar-refractivity contribution in [3.8, 4) is 0 Å². The molecule has 0 radical (unpaired) electrons. The Morgan fingerprint density at radius 1 is 1.00 bits per heavy atom. The number of piperazine rings is 1. The van der Waals surface area contributed by atoms with Crippen molar-refractivity contribution in [2.75, 3.05) is 39.8 Å². The van der Waals surface area contributed by atoms with Gasteiger partial charge in [-0.25, -0.2) is 4.79 Å². The number of carbonyl (C=O) groups is 1. The fraction of sp³-hybridized carbons (Fsp3) is 0.440. The molecule has 1 aromatic heterocycles. The molecular formula is C25H33N5O2. The van der Waals surface area contributed by atoms with E-state index in [4.69, 9.17) is 0 Å². The van der Waals surface area contributed by atoms with Gasteiger partial charge in [-0.1, -0.05) is 42.5 Å². The number of fused-ring (bicyclic) bond motifs is 1. The number of nitrogens with one attached hydrogen (secondary N) is 1. The molecule has 2 aromatic carbocycles. The van der Waals surface area contributed by atoms with Crippen LogP contribution in [0.1, 0.15) is 24.9 Å². The van der Waals surface area contributed by atoms with E-state index in [1.165, 1.54) is 5.56 Å². The standard InChI is InChI=1S/C25H33N5O2/c1-3-29-21-12-7-8-13-22(21)30(25(29)32)19-24(31)26-14-9-15-28-17-16-27(2)18-23(28)20-10-5-4-6-11-20/h4-8,10-13,23H,3,9,14-19H2,1-2H3,(H,26,31). The van der Waals surface area contributed by atoms with E-state index in [1.807, 2.05) is 31.2 Å². The molecule has 0 aliphatic carbocycles. The third kappa shape index (κ3) is 4.79. The normalized spacial score (nSPS) is 17.6. The molecule has 2 heterocycles. The number of rotatable bonds is 8. The van der Waals surface area contributed by atoms with Crippen molar-refractivity contribution in [3.05, 3.63) is 70.6 Å². The molecule has 1 aliphatic rings. The molecule has 170 valence electrons. The quantitative estimate of drug-likeness (QED) is 0.552. The van der Waals surface area contributed by atoms with Gasteiger partial charge >= 0.3 is 5.69 Å². The molecule has 7 nitrogen and oxygen atoms in total. The molecule has 1 unspecified atom stereocenters. The maximum atomic E-state index is 12.7. The van der Waals surface area contributed by atoms with Crippen LogP contribution in [0.3, 0.4) is 0 Å². The summed E-state index contributed by atoms with van der Waals surface area (Å²) in [4.78, 5) is 30.2. The number of likely N-dealkylation sites (N-methyl/N-ethyl adjacent to an activating group) is 1. The number of nitrogens with zero attached hydrogens (tertiary/aromatic N) is 4. The molecule has 1 atom stereocenters. The Kier molecular flexibility index (Phi) is 7.07. The molecule has 1 amide bonds. The topological polar surface area (TPSA) is 62.5 Å². The zero-order chi connectivity index (χ0) is 22.5. The monoisotopic (exact) mass is 435 g/mol. The second-order valence-corrected chi connectivity index (χ2v) is 8.53. The van der Waals surface area contributed by atoms with E-state index in [1.54, 1.807) is 9.13 Å². The highest BCUT2D eigenvalue weighted by Crippen LogP contribution is 2.24. The summed E-state index contributed by atoms with van der Waals surface area (Å²) in [5, 5.41) is 3.01. The van der Waals surface area contributed by atoms with Gasteiger partial charge in [0.15, 0.2) is 0 Å². The van der Waals surface area contributed by atoms with E-state index in [9.17, 15) is 9.59 Å². The van der Waals surface area contributed by atoms with E-state index >= 15 is 0 Å². The second kappa shape index (κ2) is 10.1. The number of benzene rings is 2. The first kappa shape index (κ1) is 22.3. The minimum Gasteiger partial charge on any atom is -0.354 e. The van der Waals surface area contributed by atoms with Gasteiger partial charge in [0.1, 0.15) is 6.54 Å². The molecule has 0 spiro atoms. The Bertz CT molecular complexity index is 1100. The van der Waals surface area contributed by atoms with Gasteiger partial charge in [0.25, 0.3) is 0 Å². The Morgan fingerprint density at radius 3 is 2.41 bits per heavy atom. The smallest absolute Gasteiger partial charge is 0.329 e. The predicted molar refractivity (Wildman–Crippen MR) is 128 cm³/mol. The van der Waals surface area contributed by atoms with Gasteiger partial charge in [-0.15, -0.1) is 0 Å². The van der Waals surface area contributed by atoms with Crippen molar-refractivity contribution in [1.82, 2.24) is 24.3 Å². The van der Waals surface area contributed by atoms with Crippen LogP contribution in [0.5, 0.6) is 0 Å². The van der Waals surface area contributed by atoms with Crippen LogP contribution < -0.4 is 11.0 Å². The second-order valence-electron chi connectivity index (χ2n) is 8.53. The van der Waals surface area contributed by atoms with Crippen molar-refractivity contribution < 1.29 is 4.79 Å². The lowest BCUT2D eigenvalue weighted by molar-refractivity contribution is -0.121. The molecule has 0 saturated carbocycles. The van der Waals surface area contributed by atoms with Crippen molar-refractivity contribution in [1.29, 1.82) is 0 Å². The van der Waals surface area contributed by atoms with Gasteiger partial charge in [-0.2, -0.15) is 0 Å². The van der Waals surface area contributed by atoms with Crippen LogP contribution in [0.2, 0.25) is 0 Å². The summed E-state index contributed by atoms with van der Waals surface area (Å²) < 4.78 is 3.28. The number of imidazole rings is 1. The van der Waals surface area contributed by atoms with Gasteiger partial charge in [-0.05, 0) is 38.1 Å². The predicted octanol–water partition coefficient (Wildman–Crippen LogP) is 2.32. The molecule has 3 aromatic rings. The Labute approximate surface area is 189 Å². The molecule has 1 saturated heterocycles. The average Bonchev–Trinajstić information content (AvgIpc) is 3.08. The minimum atomic E-state index is -0.132. The summed E-state index contributed by atoms with van der Waals surface area (Å²) in [6.45, 7) is 7.21. The number of hydrogen-bond donors (Lipinski definition) is 1. The summed E-state index contributed by atoms with van der Waals surface area (Å²) in [7, 11) is 2.17. The average molecular weight is 436 g/mol. The summed E-state index contributed by atoms with van der Waals surface area (Å²) >= 11 is 0. The van der Waals surface area contributed by atoms with E-state index < -0.39 is 0 Å². The maximum Gasteiger partial charge on any atom is 0.329 e. The van der Waals surface area contributed by atoms with Crippen LogP contribution >= 0.6 is 0 Å². The third-order valence-corrected chi connectivity index (χ3v) is 6.37. The van der Waals surface area contributed by atoms with E-state index in [-0.39, 0.29) is 18.1 Å². The third-order valence-electron chi connectivity index (χ3n) is 6.37. The first-order chi connectivity index (χ1) is 15.6. The number of hydrogen-bond acceptors (Lipinski definition) is 4. The first-order valence-corrected chi connectivity index (χ1v) is 11.5. The molecular weight excluding hydrogens is 402 g/mol. The molecule has 7 heteroatoms. The van der Waals surface area contributed by atoms with Crippen molar-refractivity contribution in [3.63, 3.8) is 0 Å². The molecule has 1 fully saturated rings. The molecule has 4 rings (SSSR count). The number of amides is 1. The lowest BCUT2D eigenvalue weighted by Crippen LogP contribution is -2.47. The first-order valence-electron chi connectivity index (χ1n) is 11.5. The van der Waals surface area contributed by atoms with Crippen molar-refractivity contribution in [2.24, 2.45) is 0 Å². The highest BCUT2D eigenvalue weighted by atomic mass is 16.2. The minimum absolute atomic E-state index is 0.0491. The molecule has 1 aliphatic heterocycles. The van der Waals surface area contributed by atoms with Crippen LogP contribution in [0.25, 0.3) is 11.0 Å². The van der Waals surface area contributed by atoms with Gasteiger partial charge in [0, 0.05) is 45.3 Å². The van der Waals surface area contributed by atoms with Gasteiger partial charge in [0.2, 0.25) is 5.91 Å².